The van der Waals surface area contributed by atoms with Crippen LogP contribution in [0.5, 0.6) is 5.75 Å². The first-order chi connectivity index (χ1) is 9.96. The van der Waals surface area contributed by atoms with Gasteiger partial charge in [0.05, 0.1) is 28.3 Å². The van der Waals surface area contributed by atoms with Crippen molar-refractivity contribution in [1.82, 2.24) is 0 Å². The van der Waals surface area contributed by atoms with E-state index in [4.69, 9.17) is 21.6 Å². The molecule has 0 atom stereocenters. The van der Waals surface area contributed by atoms with Crippen molar-refractivity contribution in [2.75, 3.05) is 11.8 Å². The monoisotopic (exact) mass is 322 g/mol. The molecule has 0 aromatic heterocycles. The summed E-state index contributed by atoms with van der Waals surface area (Å²) in [5.74, 6) is 0.565. The van der Waals surface area contributed by atoms with Crippen molar-refractivity contribution < 1.29 is 13.2 Å². The largest absolute Gasteiger partial charge is 0.497 e. The zero-order valence-corrected chi connectivity index (χ0v) is 12.6. The van der Waals surface area contributed by atoms with Crippen LogP contribution in [0, 0.1) is 11.3 Å². The van der Waals surface area contributed by atoms with E-state index < -0.39 is 10.0 Å². The van der Waals surface area contributed by atoms with E-state index in [2.05, 4.69) is 4.72 Å². The van der Waals surface area contributed by atoms with Crippen molar-refractivity contribution in [1.29, 1.82) is 5.26 Å². The van der Waals surface area contributed by atoms with E-state index in [1.165, 1.54) is 37.4 Å². The molecule has 0 amide bonds. The number of nitrogens with one attached hydrogen (secondary N) is 1. The molecule has 1 N–H and O–H groups in total. The molecule has 2 aromatic carbocycles. The number of halogens is 1. The van der Waals surface area contributed by atoms with Crippen molar-refractivity contribution in [3.05, 3.63) is 53.1 Å². The van der Waals surface area contributed by atoms with Crippen LogP contribution in [0.2, 0.25) is 5.02 Å². The molecule has 2 aromatic rings. The Morgan fingerprint density at radius 2 is 1.86 bits per heavy atom. The second kappa shape index (κ2) is 6.04. The van der Waals surface area contributed by atoms with Crippen molar-refractivity contribution in [2.24, 2.45) is 0 Å². The second-order valence-corrected chi connectivity index (χ2v) is 6.18. The summed E-state index contributed by atoms with van der Waals surface area (Å²) in [5, 5.41) is 8.97. The minimum absolute atomic E-state index is 0.101. The van der Waals surface area contributed by atoms with Crippen molar-refractivity contribution in [3.8, 4) is 11.8 Å². The fourth-order valence-corrected chi connectivity index (χ4v) is 2.91. The predicted molar refractivity (Wildman–Crippen MR) is 80.0 cm³/mol. The number of benzene rings is 2. The van der Waals surface area contributed by atoms with Gasteiger partial charge in [-0.05, 0) is 42.5 Å². The molecule has 0 aliphatic heterocycles. The molecule has 0 fully saturated rings. The number of nitriles is 1. The molecular weight excluding hydrogens is 312 g/mol. The first-order valence-electron chi connectivity index (χ1n) is 5.83. The van der Waals surface area contributed by atoms with Gasteiger partial charge < -0.3 is 4.74 Å². The van der Waals surface area contributed by atoms with Gasteiger partial charge in [0.25, 0.3) is 10.0 Å². The van der Waals surface area contributed by atoms with Crippen LogP contribution in [-0.4, -0.2) is 15.5 Å². The quantitative estimate of drug-likeness (QED) is 0.938. The molecule has 5 nitrogen and oxygen atoms in total. The summed E-state index contributed by atoms with van der Waals surface area (Å²) in [6.07, 6.45) is 0. The number of hydrogen-bond acceptors (Lipinski definition) is 4. The van der Waals surface area contributed by atoms with Gasteiger partial charge in [0.2, 0.25) is 0 Å². The summed E-state index contributed by atoms with van der Waals surface area (Å²) in [5.41, 5.74) is 0.568. The lowest BCUT2D eigenvalue weighted by atomic mass is 10.2. The van der Waals surface area contributed by atoms with Crippen LogP contribution in [0.1, 0.15) is 5.56 Å². The molecule has 0 saturated carbocycles. The highest BCUT2D eigenvalue weighted by molar-refractivity contribution is 7.92. The SMILES string of the molecule is COc1ccc(S(=O)(=O)Nc2ccc(C#N)c(Cl)c2)cc1. The molecule has 0 aliphatic carbocycles. The molecule has 108 valence electrons. The molecule has 0 radical (unpaired) electrons. The Labute approximate surface area is 127 Å². The molecule has 0 unspecified atom stereocenters. The van der Waals surface area contributed by atoms with E-state index in [0.29, 0.717) is 5.75 Å². The fourth-order valence-electron chi connectivity index (χ4n) is 1.64. The van der Waals surface area contributed by atoms with Gasteiger partial charge in [0, 0.05) is 0 Å². The highest BCUT2D eigenvalue weighted by Gasteiger charge is 2.14. The third-order valence-corrected chi connectivity index (χ3v) is 4.42. The van der Waals surface area contributed by atoms with Gasteiger partial charge in [-0.15, -0.1) is 0 Å². The van der Waals surface area contributed by atoms with Crippen molar-refractivity contribution in [2.45, 2.75) is 4.90 Å². The van der Waals surface area contributed by atoms with Gasteiger partial charge >= 0.3 is 0 Å². The number of ether oxygens (including phenoxy) is 1. The lowest BCUT2D eigenvalue weighted by molar-refractivity contribution is 0.414. The van der Waals surface area contributed by atoms with E-state index >= 15 is 0 Å². The molecule has 0 heterocycles. The third kappa shape index (κ3) is 3.45. The third-order valence-electron chi connectivity index (χ3n) is 2.71. The Bertz CT molecular complexity index is 796. The maximum atomic E-state index is 12.2. The molecule has 0 saturated heterocycles. The van der Waals surface area contributed by atoms with Crippen LogP contribution in [0.4, 0.5) is 5.69 Å². The van der Waals surface area contributed by atoms with Gasteiger partial charge in [-0.1, -0.05) is 11.6 Å². The predicted octanol–water partition coefficient (Wildman–Crippen LogP) is 3.02. The maximum absolute atomic E-state index is 12.2. The molecular formula is C14H11ClN2O3S. The van der Waals surface area contributed by atoms with Crippen LogP contribution in [0.25, 0.3) is 0 Å². The van der Waals surface area contributed by atoms with E-state index in [1.54, 1.807) is 12.1 Å². The zero-order valence-electron chi connectivity index (χ0n) is 11.0. The van der Waals surface area contributed by atoms with Crippen LogP contribution in [-0.2, 0) is 10.0 Å². The Morgan fingerprint density at radius 3 is 2.38 bits per heavy atom. The van der Waals surface area contributed by atoms with Crippen LogP contribution < -0.4 is 9.46 Å². The van der Waals surface area contributed by atoms with E-state index in [9.17, 15) is 8.42 Å². The van der Waals surface area contributed by atoms with E-state index in [0.717, 1.165) is 0 Å². The molecule has 21 heavy (non-hydrogen) atoms. The summed E-state index contributed by atoms with van der Waals surface area (Å²) in [7, 11) is -2.22. The van der Waals surface area contributed by atoms with Gasteiger partial charge in [-0.25, -0.2) is 8.42 Å². The Kier molecular flexibility index (Phi) is 4.36. The fraction of sp³-hybridized carbons (Fsp3) is 0.0714. The normalized spacial score (nSPS) is 10.7. The highest BCUT2D eigenvalue weighted by Crippen LogP contribution is 2.23. The minimum atomic E-state index is -3.72. The van der Waals surface area contributed by atoms with Gasteiger partial charge in [0.1, 0.15) is 11.8 Å². The van der Waals surface area contributed by atoms with Crippen LogP contribution in [0.15, 0.2) is 47.4 Å². The van der Waals surface area contributed by atoms with Crippen LogP contribution in [0.3, 0.4) is 0 Å². The van der Waals surface area contributed by atoms with E-state index in [-0.39, 0.29) is 21.2 Å². The number of anilines is 1. The van der Waals surface area contributed by atoms with Crippen molar-refractivity contribution >= 4 is 27.3 Å². The summed E-state index contributed by atoms with van der Waals surface area (Å²) in [6, 6.07) is 12.2. The van der Waals surface area contributed by atoms with Crippen LogP contribution >= 0.6 is 11.6 Å². The number of sulfonamides is 1. The van der Waals surface area contributed by atoms with Gasteiger partial charge in [-0.3, -0.25) is 4.72 Å². The lowest BCUT2D eigenvalue weighted by Crippen LogP contribution is -2.12. The zero-order chi connectivity index (χ0) is 15.5. The summed E-state index contributed by atoms with van der Waals surface area (Å²) >= 11 is 5.87. The second-order valence-electron chi connectivity index (χ2n) is 4.09. The highest BCUT2D eigenvalue weighted by atomic mass is 35.5. The first kappa shape index (κ1) is 15.2. The molecule has 7 heteroatoms. The van der Waals surface area contributed by atoms with Gasteiger partial charge in [0.15, 0.2) is 0 Å². The topological polar surface area (TPSA) is 79.2 Å². The number of rotatable bonds is 4. The molecule has 0 aliphatic rings. The lowest BCUT2D eigenvalue weighted by Gasteiger charge is -2.09. The summed E-state index contributed by atoms with van der Waals surface area (Å²) in [4.78, 5) is 0.101. The molecule has 0 spiro atoms. The first-order valence-corrected chi connectivity index (χ1v) is 7.69. The molecule has 0 bridgehead atoms. The number of hydrogen-bond donors (Lipinski definition) is 1. The minimum Gasteiger partial charge on any atom is -0.497 e. The molecule has 2 rings (SSSR count). The smallest absolute Gasteiger partial charge is 0.261 e. The standard InChI is InChI=1S/C14H11ClN2O3S/c1-20-12-4-6-13(7-5-12)21(18,19)17-11-3-2-10(9-16)14(15)8-11/h2-8,17H,1H3. The van der Waals surface area contributed by atoms with Crippen molar-refractivity contribution in [3.63, 3.8) is 0 Å². The number of nitrogens with zero attached hydrogens (tertiary/aromatic N) is 1. The average molecular weight is 323 g/mol. The Morgan fingerprint density at radius 1 is 1.19 bits per heavy atom. The summed E-state index contributed by atoms with van der Waals surface area (Å²) < 4.78 is 31.8. The van der Waals surface area contributed by atoms with E-state index in [1.807, 2.05) is 6.07 Å². The maximum Gasteiger partial charge on any atom is 0.261 e. The summed E-state index contributed by atoms with van der Waals surface area (Å²) in [6.45, 7) is 0. The number of methoxy groups -OCH3 is 1. The average Bonchev–Trinajstić information content (AvgIpc) is 2.47. The van der Waals surface area contributed by atoms with Gasteiger partial charge in [-0.2, -0.15) is 5.26 Å². The Balaban J connectivity index is 2.28. The Hall–Kier alpha value is -2.23.